The quantitative estimate of drug-likeness (QED) is 0.787. The minimum atomic E-state index is 0.254. The molecule has 1 unspecified atom stereocenters. The summed E-state index contributed by atoms with van der Waals surface area (Å²) < 4.78 is 4.08. The van der Waals surface area contributed by atoms with Gasteiger partial charge in [-0.25, -0.2) is 4.98 Å². The van der Waals surface area contributed by atoms with Gasteiger partial charge >= 0.3 is 0 Å². The fourth-order valence-corrected chi connectivity index (χ4v) is 2.09. The fourth-order valence-electron chi connectivity index (χ4n) is 1.18. The van der Waals surface area contributed by atoms with E-state index in [0.717, 1.165) is 23.4 Å². The van der Waals surface area contributed by atoms with Gasteiger partial charge in [0, 0.05) is 18.1 Å². The van der Waals surface area contributed by atoms with Gasteiger partial charge in [-0.15, -0.1) is 11.6 Å². The first-order valence-electron chi connectivity index (χ1n) is 4.44. The Hall–Kier alpha value is -0.350. The summed E-state index contributed by atoms with van der Waals surface area (Å²) in [6, 6.07) is 0. The Kier molecular flexibility index (Phi) is 2.69. The Morgan fingerprint density at radius 1 is 1.69 bits per heavy atom. The number of aromatic nitrogens is 2. The molecule has 72 valence electrons. The highest BCUT2D eigenvalue weighted by molar-refractivity contribution is 7.09. The minimum absolute atomic E-state index is 0.254. The van der Waals surface area contributed by atoms with Gasteiger partial charge in [0.25, 0.3) is 0 Å². The zero-order valence-corrected chi connectivity index (χ0v) is 9.03. The van der Waals surface area contributed by atoms with Gasteiger partial charge in [-0.05, 0) is 25.7 Å². The van der Waals surface area contributed by atoms with Crippen LogP contribution in [0.5, 0.6) is 0 Å². The molecule has 1 aliphatic carbocycles. The van der Waals surface area contributed by atoms with Crippen molar-refractivity contribution in [3.63, 3.8) is 0 Å². The van der Waals surface area contributed by atoms with E-state index in [1.807, 2.05) is 6.92 Å². The molecule has 1 saturated carbocycles. The minimum Gasteiger partial charge on any atom is -0.359 e. The second-order valence-corrected chi connectivity index (χ2v) is 4.69. The molecule has 0 saturated heterocycles. The standard InChI is InChI=1S/C8H12ClN3S/c1-5-11-8(13-12-5)10-4-7(9)6-2-3-6/h6-7H,2-4H2,1H3,(H,10,11,12). The largest absolute Gasteiger partial charge is 0.359 e. The predicted octanol–water partition coefficient (Wildman–Crippen LogP) is 2.28. The second-order valence-electron chi connectivity index (χ2n) is 3.38. The molecule has 5 heteroatoms. The number of hydrogen-bond acceptors (Lipinski definition) is 4. The Balaban J connectivity index is 1.78. The van der Waals surface area contributed by atoms with E-state index in [1.54, 1.807) is 0 Å². The Morgan fingerprint density at radius 3 is 3.00 bits per heavy atom. The molecule has 0 aromatic carbocycles. The van der Waals surface area contributed by atoms with Gasteiger partial charge in [-0.1, -0.05) is 0 Å². The molecule has 1 N–H and O–H groups in total. The van der Waals surface area contributed by atoms with E-state index in [2.05, 4.69) is 14.7 Å². The van der Waals surface area contributed by atoms with Crippen LogP contribution in [0.1, 0.15) is 18.7 Å². The second kappa shape index (κ2) is 3.80. The van der Waals surface area contributed by atoms with E-state index in [1.165, 1.54) is 24.4 Å². The van der Waals surface area contributed by atoms with Crippen LogP contribution in [-0.4, -0.2) is 21.3 Å². The topological polar surface area (TPSA) is 37.8 Å². The number of halogens is 1. The smallest absolute Gasteiger partial charge is 0.202 e. The Morgan fingerprint density at radius 2 is 2.46 bits per heavy atom. The maximum absolute atomic E-state index is 6.13. The lowest BCUT2D eigenvalue weighted by Gasteiger charge is -2.07. The highest BCUT2D eigenvalue weighted by Gasteiger charge is 2.29. The fraction of sp³-hybridized carbons (Fsp3) is 0.750. The molecule has 0 spiro atoms. The molecular weight excluding hydrogens is 206 g/mol. The highest BCUT2D eigenvalue weighted by Crippen LogP contribution is 2.35. The normalized spacial score (nSPS) is 18.6. The lowest BCUT2D eigenvalue weighted by molar-refractivity contribution is 0.770. The highest BCUT2D eigenvalue weighted by atomic mass is 35.5. The summed E-state index contributed by atoms with van der Waals surface area (Å²) in [5, 5.41) is 4.33. The van der Waals surface area contributed by atoms with Crippen molar-refractivity contribution in [3.05, 3.63) is 5.82 Å². The summed E-state index contributed by atoms with van der Waals surface area (Å²) in [7, 11) is 0. The maximum Gasteiger partial charge on any atom is 0.202 e. The van der Waals surface area contributed by atoms with Gasteiger partial charge in [0.2, 0.25) is 5.13 Å². The van der Waals surface area contributed by atoms with Crippen LogP contribution in [0.25, 0.3) is 0 Å². The summed E-state index contributed by atoms with van der Waals surface area (Å²) in [5.41, 5.74) is 0. The number of nitrogens with one attached hydrogen (secondary N) is 1. The molecule has 0 amide bonds. The molecule has 1 aliphatic rings. The number of rotatable bonds is 4. The molecular formula is C8H12ClN3S. The van der Waals surface area contributed by atoms with Crippen LogP contribution >= 0.6 is 23.1 Å². The molecule has 0 aliphatic heterocycles. The van der Waals surface area contributed by atoms with Crippen LogP contribution < -0.4 is 5.32 Å². The number of aryl methyl sites for hydroxylation is 1. The van der Waals surface area contributed by atoms with Crippen molar-refractivity contribution in [3.8, 4) is 0 Å². The third kappa shape index (κ3) is 2.54. The summed E-state index contributed by atoms with van der Waals surface area (Å²) in [6.45, 7) is 2.70. The van der Waals surface area contributed by atoms with Crippen molar-refractivity contribution in [2.45, 2.75) is 25.1 Å². The van der Waals surface area contributed by atoms with E-state index in [-0.39, 0.29) is 5.38 Å². The van der Waals surface area contributed by atoms with E-state index >= 15 is 0 Å². The van der Waals surface area contributed by atoms with Crippen molar-refractivity contribution < 1.29 is 0 Å². The van der Waals surface area contributed by atoms with Crippen LogP contribution in [0, 0.1) is 12.8 Å². The predicted molar refractivity (Wildman–Crippen MR) is 55.5 cm³/mol. The zero-order valence-electron chi connectivity index (χ0n) is 7.46. The molecule has 0 bridgehead atoms. The average molecular weight is 218 g/mol. The van der Waals surface area contributed by atoms with Gasteiger partial charge in [0.1, 0.15) is 5.82 Å². The zero-order chi connectivity index (χ0) is 9.26. The van der Waals surface area contributed by atoms with Crippen molar-refractivity contribution in [1.29, 1.82) is 0 Å². The lowest BCUT2D eigenvalue weighted by Crippen LogP contribution is -2.15. The lowest BCUT2D eigenvalue weighted by atomic mass is 10.3. The van der Waals surface area contributed by atoms with E-state index in [9.17, 15) is 0 Å². The van der Waals surface area contributed by atoms with Crippen molar-refractivity contribution in [1.82, 2.24) is 9.36 Å². The van der Waals surface area contributed by atoms with E-state index in [0.29, 0.717) is 0 Å². The Bertz CT molecular complexity index is 285. The average Bonchev–Trinajstić information content (AvgIpc) is 2.87. The Labute approximate surface area is 86.7 Å². The molecule has 2 rings (SSSR count). The van der Waals surface area contributed by atoms with Crippen molar-refractivity contribution >= 4 is 28.3 Å². The summed E-state index contributed by atoms with van der Waals surface area (Å²) in [4.78, 5) is 4.20. The van der Waals surface area contributed by atoms with Crippen LogP contribution in [-0.2, 0) is 0 Å². The molecule has 1 atom stereocenters. The number of hydrogen-bond donors (Lipinski definition) is 1. The number of alkyl halides is 1. The maximum atomic E-state index is 6.13. The number of nitrogens with zero attached hydrogens (tertiary/aromatic N) is 2. The third-order valence-corrected chi connectivity index (χ3v) is 3.38. The van der Waals surface area contributed by atoms with E-state index in [4.69, 9.17) is 11.6 Å². The molecule has 1 heterocycles. The first kappa shape index (κ1) is 9.21. The SMILES string of the molecule is Cc1nsc(NCC(Cl)C2CC2)n1. The summed E-state index contributed by atoms with van der Waals surface area (Å²) in [6.07, 6.45) is 2.57. The van der Waals surface area contributed by atoms with Gasteiger partial charge in [0.15, 0.2) is 0 Å². The van der Waals surface area contributed by atoms with Gasteiger partial charge < -0.3 is 5.32 Å². The van der Waals surface area contributed by atoms with Gasteiger partial charge in [-0.2, -0.15) is 4.37 Å². The molecule has 3 nitrogen and oxygen atoms in total. The first-order valence-corrected chi connectivity index (χ1v) is 5.65. The van der Waals surface area contributed by atoms with Gasteiger partial charge in [-0.3, -0.25) is 0 Å². The van der Waals surface area contributed by atoms with E-state index < -0.39 is 0 Å². The van der Waals surface area contributed by atoms with Gasteiger partial charge in [0.05, 0.1) is 5.38 Å². The summed E-state index contributed by atoms with van der Waals surface area (Å²) >= 11 is 7.52. The van der Waals surface area contributed by atoms with Crippen LogP contribution in [0.4, 0.5) is 5.13 Å². The molecule has 13 heavy (non-hydrogen) atoms. The van der Waals surface area contributed by atoms with Crippen molar-refractivity contribution in [2.24, 2.45) is 5.92 Å². The molecule has 1 aromatic heterocycles. The first-order chi connectivity index (χ1) is 6.25. The van der Waals surface area contributed by atoms with Crippen LogP contribution in [0.2, 0.25) is 0 Å². The van der Waals surface area contributed by atoms with Crippen LogP contribution in [0.15, 0.2) is 0 Å². The summed E-state index contributed by atoms with van der Waals surface area (Å²) in [5.74, 6) is 1.55. The molecule has 0 radical (unpaired) electrons. The number of anilines is 1. The van der Waals surface area contributed by atoms with Crippen molar-refractivity contribution in [2.75, 3.05) is 11.9 Å². The monoisotopic (exact) mass is 217 g/mol. The molecule has 1 aromatic rings. The van der Waals surface area contributed by atoms with Crippen LogP contribution in [0.3, 0.4) is 0 Å². The third-order valence-electron chi connectivity index (χ3n) is 2.11. The molecule has 1 fully saturated rings.